The van der Waals surface area contributed by atoms with E-state index < -0.39 is 17.7 Å². The predicted octanol–water partition coefficient (Wildman–Crippen LogP) is 4.81. The number of hydrogen-bond acceptors (Lipinski definition) is 6. The number of phenolic OH excluding ortho intramolecular Hbond substituents is 1. The first-order valence-electron chi connectivity index (χ1n) is 10.8. The number of carbonyl (C=O) groups is 2. The highest BCUT2D eigenvalue weighted by atomic mass is 16.5. The summed E-state index contributed by atoms with van der Waals surface area (Å²) in [6, 6.07) is 18.7. The summed E-state index contributed by atoms with van der Waals surface area (Å²) >= 11 is 0. The summed E-state index contributed by atoms with van der Waals surface area (Å²) < 4.78 is 10.8. The molecule has 3 aromatic carbocycles. The van der Waals surface area contributed by atoms with Gasteiger partial charge in [-0.15, -0.1) is 0 Å². The van der Waals surface area contributed by atoms with Crippen LogP contribution >= 0.6 is 0 Å². The fourth-order valence-corrected chi connectivity index (χ4v) is 3.93. The maximum atomic E-state index is 13.2. The number of anilines is 1. The maximum absolute atomic E-state index is 13.2. The van der Waals surface area contributed by atoms with Crippen molar-refractivity contribution >= 4 is 23.1 Å². The van der Waals surface area contributed by atoms with Gasteiger partial charge in [-0.3, -0.25) is 14.5 Å². The standard InChI is InChI=1S/C27H25NO6/c1-16(2)34-22-12-6-18(7-13-22)25(30)23-24(17-4-10-20(29)11-5-17)28(27(32)26(23)31)19-8-14-21(33-3)15-9-19/h4-16,24,29-30H,1-3H3/b25-23+. The second-order valence-corrected chi connectivity index (χ2v) is 8.15. The smallest absolute Gasteiger partial charge is 0.300 e. The second-order valence-electron chi connectivity index (χ2n) is 8.15. The number of amides is 1. The molecule has 1 unspecified atom stereocenters. The van der Waals surface area contributed by atoms with Crippen LogP contribution in [0.25, 0.3) is 5.76 Å². The molecule has 34 heavy (non-hydrogen) atoms. The van der Waals surface area contributed by atoms with E-state index in [0.717, 1.165) is 0 Å². The molecule has 1 saturated heterocycles. The fraction of sp³-hybridized carbons (Fsp3) is 0.185. The number of phenols is 1. The minimum absolute atomic E-state index is 0.0104. The van der Waals surface area contributed by atoms with E-state index in [2.05, 4.69) is 0 Å². The topological polar surface area (TPSA) is 96.3 Å². The van der Waals surface area contributed by atoms with E-state index >= 15 is 0 Å². The first-order chi connectivity index (χ1) is 16.3. The third-order valence-corrected chi connectivity index (χ3v) is 5.50. The van der Waals surface area contributed by atoms with E-state index in [1.165, 1.54) is 24.1 Å². The Morgan fingerprint density at radius 1 is 0.882 bits per heavy atom. The van der Waals surface area contributed by atoms with E-state index in [-0.39, 0.29) is 23.2 Å². The van der Waals surface area contributed by atoms with Crippen molar-refractivity contribution in [2.24, 2.45) is 0 Å². The molecule has 174 valence electrons. The minimum Gasteiger partial charge on any atom is -0.508 e. The molecule has 0 radical (unpaired) electrons. The fourth-order valence-electron chi connectivity index (χ4n) is 3.93. The summed E-state index contributed by atoms with van der Waals surface area (Å²) in [6.45, 7) is 3.82. The lowest BCUT2D eigenvalue weighted by atomic mass is 9.95. The van der Waals surface area contributed by atoms with Gasteiger partial charge in [0.1, 0.15) is 23.0 Å². The molecule has 0 aromatic heterocycles. The molecule has 1 heterocycles. The van der Waals surface area contributed by atoms with Gasteiger partial charge < -0.3 is 19.7 Å². The van der Waals surface area contributed by atoms with Gasteiger partial charge in [-0.05, 0) is 80.1 Å². The average molecular weight is 459 g/mol. The van der Waals surface area contributed by atoms with Crippen LogP contribution in [0.1, 0.15) is 31.0 Å². The highest BCUT2D eigenvalue weighted by molar-refractivity contribution is 6.51. The van der Waals surface area contributed by atoms with Crippen LogP contribution in [0.2, 0.25) is 0 Å². The molecule has 0 saturated carbocycles. The summed E-state index contributed by atoms with van der Waals surface area (Å²) in [6.07, 6.45) is -0.0104. The van der Waals surface area contributed by atoms with Gasteiger partial charge in [0, 0.05) is 11.3 Å². The van der Waals surface area contributed by atoms with Crippen molar-refractivity contribution in [1.29, 1.82) is 0 Å². The van der Waals surface area contributed by atoms with E-state index in [1.54, 1.807) is 60.7 Å². The lowest BCUT2D eigenvalue weighted by molar-refractivity contribution is -0.132. The molecule has 2 N–H and O–H groups in total. The van der Waals surface area contributed by atoms with Crippen LogP contribution in [-0.4, -0.2) is 35.1 Å². The summed E-state index contributed by atoms with van der Waals surface area (Å²) in [5, 5.41) is 20.9. The summed E-state index contributed by atoms with van der Waals surface area (Å²) in [7, 11) is 1.54. The number of hydrogen-bond donors (Lipinski definition) is 2. The van der Waals surface area contributed by atoms with Crippen LogP contribution in [-0.2, 0) is 9.59 Å². The van der Waals surface area contributed by atoms with Gasteiger partial charge in [-0.2, -0.15) is 0 Å². The number of aliphatic hydroxyl groups excluding tert-OH is 1. The lowest BCUT2D eigenvalue weighted by Gasteiger charge is -2.25. The van der Waals surface area contributed by atoms with Crippen LogP contribution in [0.3, 0.4) is 0 Å². The van der Waals surface area contributed by atoms with Gasteiger partial charge >= 0.3 is 0 Å². The second kappa shape index (κ2) is 9.31. The van der Waals surface area contributed by atoms with Gasteiger partial charge in [-0.25, -0.2) is 0 Å². The number of carbonyl (C=O) groups excluding carboxylic acids is 2. The number of methoxy groups -OCH3 is 1. The van der Waals surface area contributed by atoms with E-state index in [0.29, 0.717) is 28.3 Å². The molecule has 4 rings (SSSR count). The number of nitrogens with zero attached hydrogens (tertiary/aromatic N) is 1. The quantitative estimate of drug-likeness (QED) is 0.312. The van der Waals surface area contributed by atoms with E-state index in [9.17, 15) is 19.8 Å². The Morgan fingerprint density at radius 3 is 2.03 bits per heavy atom. The summed E-state index contributed by atoms with van der Waals surface area (Å²) in [5.41, 5.74) is 1.38. The van der Waals surface area contributed by atoms with Crippen molar-refractivity contribution in [3.05, 3.63) is 89.5 Å². The van der Waals surface area contributed by atoms with Crippen molar-refractivity contribution in [2.45, 2.75) is 26.0 Å². The van der Waals surface area contributed by atoms with Crippen molar-refractivity contribution in [2.75, 3.05) is 12.0 Å². The Balaban J connectivity index is 1.84. The van der Waals surface area contributed by atoms with Gasteiger partial charge in [0.15, 0.2) is 0 Å². The van der Waals surface area contributed by atoms with Crippen molar-refractivity contribution in [3.63, 3.8) is 0 Å². The van der Waals surface area contributed by atoms with Crippen LogP contribution in [0.4, 0.5) is 5.69 Å². The SMILES string of the molecule is COc1ccc(N2C(=O)C(=O)/C(=C(/O)c3ccc(OC(C)C)cc3)C2c2ccc(O)cc2)cc1. The molecule has 3 aromatic rings. The molecule has 0 aliphatic carbocycles. The van der Waals surface area contributed by atoms with Crippen molar-refractivity contribution < 1.29 is 29.3 Å². The molecule has 7 nitrogen and oxygen atoms in total. The predicted molar refractivity (Wildman–Crippen MR) is 128 cm³/mol. The third kappa shape index (κ3) is 4.32. The normalized spacial score (nSPS) is 17.3. The number of rotatable bonds is 6. The number of benzene rings is 3. The molecule has 1 aliphatic rings. The summed E-state index contributed by atoms with van der Waals surface area (Å²) in [5.74, 6) is -0.571. The number of aliphatic hydroxyl groups is 1. The highest BCUT2D eigenvalue weighted by Crippen LogP contribution is 2.42. The molecular weight excluding hydrogens is 434 g/mol. The van der Waals surface area contributed by atoms with Crippen LogP contribution in [0, 0.1) is 0 Å². The molecule has 1 amide bonds. The summed E-state index contributed by atoms with van der Waals surface area (Å²) in [4.78, 5) is 27.7. The first kappa shape index (κ1) is 22.9. The zero-order chi connectivity index (χ0) is 24.4. The molecular formula is C27H25NO6. The van der Waals surface area contributed by atoms with E-state index in [1.807, 2.05) is 13.8 Å². The largest absolute Gasteiger partial charge is 0.508 e. The van der Waals surface area contributed by atoms with Gasteiger partial charge in [0.05, 0.1) is 24.8 Å². The van der Waals surface area contributed by atoms with Crippen LogP contribution in [0.15, 0.2) is 78.4 Å². The number of Topliss-reactive ketones (excluding diaryl/α,β-unsaturated/α-hetero) is 1. The minimum atomic E-state index is -0.888. The molecule has 0 spiro atoms. The van der Waals surface area contributed by atoms with Gasteiger partial charge in [-0.1, -0.05) is 12.1 Å². The lowest BCUT2D eigenvalue weighted by Crippen LogP contribution is -2.29. The molecule has 7 heteroatoms. The number of ether oxygens (including phenoxy) is 2. The van der Waals surface area contributed by atoms with Gasteiger partial charge in [0.25, 0.3) is 11.7 Å². The molecule has 1 fully saturated rings. The molecule has 0 bridgehead atoms. The maximum Gasteiger partial charge on any atom is 0.300 e. The van der Waals surface area contributed by atoms with Crippen LogP contribution in [0.5, 0.6) is 17.2 Å². The molecule has 1 atom stereocenters. The monoisotopic (exact) mass is 459 g/mol. The Hall–Kier alpha value is -4.26. The Bertz CT molecular complexity index is 1230. The average Bonchev–Trinajstić information content (AvgIpc) is 3.09. The highest BCUT2D eigenvalue weighted by Gasteiger charge is 2.47. The van der Waals surface area contributed by atoms with Crippen LogP contribution < -0.4 is 14.4 Å². The van der Waals surface area contributed by atoms with Crippen molar-refractivity contribution in [1.82, 2.24) is 0 Å². The van der Waals surface area contributed by atoms with Gasteiger partial charge in [0.2, 0.25) is 0 Å². The number of ketones is 1. The first-order valence-corrected chi connectivity index (χ1v) is 10.8. The third-order valence-electron chi connectivity index (χ3n) is 5.50. The van der Waals surface area contributed by atoms with Crippen molar-refractivity contribution in [3.8, 4) is 17.2 Å². The Labute approximate surface area is 197 Å². The Morgan fingerprint density at radius 2 is 1.47 bits per heavy atom. The number of aromatic hydroxyl groups is 1. The van der Waals surface area contributed by atoms with E-state index in [4.69, 9.17) is 9.47 Å². The zero-order valence-electron chi connectivity index (χ0n) is 19.1. The zero-order valence-corrected chi connectivity index (χ0v) is 19.1. The molecule has 1 aliphatic heterocycles. The Kier molecular flexibility index (Phi) is 6.27.